The number of aryl methyl sites for hydroxylation is 3. The van der Waals surface area contributed by atoms with E-state index < -0.39 is 6.10 Å². The van der Waals surface area contributed by atoms with E-state index in [9.17, 15) is 5.11 Å². The van der Waals surface area contributed by atoms with Crippen LogP contribution in [0, 0.1) is 13.8 Å². The molecule has 1 unspecified atom stereocenters. The average Bonchev–Trinajstić information content (AvgIpc) is 2.83. The third-order valence-electron chi connectivity index (χ3n) is 3.37. The summed E-state index contributed by atoms with van der Waals surface area (Å²) < 4.78 is 1.78. The van der Waals surface area contributed by atoms with E-state index in [1.165, 1.54) is 4.88 Å². The maximum Gasteiger partial charge on any atom is 0.0960 e. The predicted octanol–water partition coefficient (Wildman–Crippen LogP) is 3.07. The summed E-state index contributed by atoms with van der Waals surface area (Å²) >= 11 is 1.66. The van der Waals surface area contributed by atoms with Crippen LogP contribution in [0.2, 0.25) is 0 Å². The zero-order chi connectivity index (χ0) is 15.1. The van der Waals surface area contributed by atoms with Gasteiger partial charge in [-0.1, -0.05) is 20.8 Å². The summed E-state index contributed by atoms with van der Waals surface area (Å²) in [6, 6.07) is 0. The Bertz CT molecular complexity index is 588. The first-order valence-corrected chi connectivity index (χ1v) is 7.65. The van der Waals surface area contributed by atoms with Crippen LogP contribution in [0.4, 0.5) is 0 Å². The van der Waals surface area contributed by atoms with E-state index in [0.29, 0.717) is 6.42 Å². The molecule has 0 radical (unpaired) electrons. The third-order valence-corrected chi connectivity index (χ3v) is 4.46. The van der Waals surface area contributed by atoms with Crippen molar-refractivity contribution >= 4 is 11.3 Å². The molecule has 0 aliphatic heterocycles. The molecule has 0 aromatic carbocycles. The normalized spacial score (nSPS) is 13.8. The second kappa shape index (κ2) is 5.30. The van der Waals surface area contributed by atoms with Crippen LogP contribution in [0.5, 0.6) is 0 Å². The van der Waals surface area contributed by atoms with Gasteiger partial charge in [-0.15, -0.1) is 11.3 Å². The molecule has 1 atom stereocenters. The minimum atomic E-state index is -0.553. The predicted molar refractivity (Wildman–Crippen MR) is 82.2 cm³/mol. The molecule has 0 bridgehead atoms. The summed E-state index contributed by atoms with van der Waals surface area (Å²) in [6.45, 7) is 10.4. The van der Waals surface area contributed by atoms with Gasteiger partial charge in [0.2, 0.25) is 0 Å². The highest BCUT2D eigenvalue weighted by Gasteiger charge is 2.26. The van der Waals surface area contributed by atoms with Crippen LogP contribution in [0.25, 0.3) is 0 Å². The van der Waals surface area contributed by atoms with Crippen molar-refractivity contribution in [2.75, 3.05) is 0 Å². The molecular formula is C15H23N3OS. The smallest absolute Gasteiger partial charge is 0.0960 e. The lowest BCUT2D eigenvalue weighted by Gasteiger charge is -2.19. The van der Waals surface area contributed by atoms with Gasteiger partial charge in [0.05, 0.1) is 22.5 Å². The van der Waals surface area contributed by atoms with Gasteiger partial charge in [0, 0.05) is 35.5 Å². The van der Waals surface area contributed by atoms with Gasteiger partial charge in [-0.25, -0.2) is 4.98 Å². The third kappa shape index (κ3) is 3.10. The van der Waals surface area contributed by atoms with Crippen molar-refractivity contribution in [3.63, 3.8) is 0 Å². The lowest BCUT2D eigenvalue weighted by Crippen LogP contribution is -2.17. The first kappa shape index (κ1) is 15.2. The summed E-state index contributed by atoms with van der Waals surface area (Å²) in [7, 11) is 1.89. The number of aliphatic hydroxyl groups excluding tert-OH is 1. The molecule has 2 heterocycles. The minimum Gasteiger partial charge on any atom is -0.388 e. The fourth-order valence-electron chi connectivity index (χ4n) is 2.24. The molecule has 5 heteroatoms. The maximum absolute atomic E-state index is 10.5. The molecule has 2 aromatic heterocycles. The Morgan fingerprint density at radius 1 is 1.35 bits per heavy atom. The van der Waals surface area contributed by atoms with E-state index in [4.69, 9.17) is 0 Å². The fraction of sp³-hybridized carbons (Fsp3) is 0.600. The van der Waals surface area contributed by atoms with Gasteiger partial charge in [-0.05, 0) is 13.8 Å². The van der Waals surface area contributed by atoms with Crippen LogP contribution in [-0.4, -0.2) is 19.9 Å². The average molecular weight is 293 g/mol. The van der Waals surface area contributed by atoms with Crippen LogP contribution in [-0.2, 0) is 18.9 Å². The van der Waals surface area contributed by atoms with Crippen molar-refractivity contribution < 1.29 is 5.11 Å². The largest absolute Gasteiger partial charge is 0.388 e. The van der Waals surface area contributed by atoms with E-state index in [1.54, 1.807) is 16.0 Å². The highest BCUT2D eigenvalue weighted by Crippen LogP contribution is 2.31. The Hall–Kier alpha value is -1.20. The van der Waals surface area contributed by atoms with Gasteiger partial charge in [0.1, 0.15) is 0 Å². The van der Waals surface area contributed by atoms with E-state index in [1.807, 2.05) is 20.2 Å². The minimum absolute atomic E-state index is 0.0771. The number of thiazole rings is 1. The van der Waals surface area contributed by atoms with Crippen LogP contribution < -0.4 is 0 Å². The second-order valence-corrected chi connectivity index (χ2v) is 7.61. The van der Waals surface area contributed by atoms with Gasteiger partial charge in [-0.3, -0.25) is 4.68 Å². The Labute approximate surface area is 124 Å². The van der Waals surface area contributed by atoms with Crippen LogP contribution in [0.15, 0.2) is 6.20 Å². The highest BCUT2D eigenvalue weighted by atomic mass is 32.1. The van der Waals surface area contributed by atoms with Gasteiger partial charge in [0.15, 0.2) is 0 Å². The fourth-order valence-corrected chi connectivity index (χ4v) is 3.21. The van der Waals surface area contributed by atoms with Gasteiger partial charge >= 0.3 is 0 Å². The molecule has 2 rings (SSSR count). The maximum atomic E-state index is 10.5. The van der Waals surface area contributed by atoms with Crippen LogP contribution >= 0.6 is 11.3 Å². The lowest BCUT2D eigenvalue weighted by molar-refractivity contribution is 0.176. The van der Waals surface area contributed by atoms with E-state index in [-0.39, 0.29) is 5.41 Å². The molecule has 0 amide bonds. The van der Waals surface area contributed by atoms with E-state index >= 15 is 0 Å². The molecule has 20 heavy (non-hydrogen) atoms. The van der Waals surface area contributed by atoms with Gasteiger partial charge < -0.3 is 5.11 Å². The summed E-state index contributed by atoms with van der Waals surface area (Å²) in [6.07, 6.45) is 1.91. The summed E-state index contributed by atoms with van der Waals surface area (Å²) in [5.41, 5.74) is 2.84. The molecule has 110 valence electrons. The number of nitrogens with zero attached hydrogens (tertiary/aromatic N) is 3. The Kier molecular flexibility index (Phi) is 4.02. The first-order valence-electron chi connectivity index (χ1n) is 6.83. The summed E-state index contributed by atoms with van der Waals surface area (Å²) in [5.74, 6) is 0. The second-order valence-electron chi connectivity index (χ2n) is 6.33. The quantitative estimate of drug-likeness (QED) is 0.946. The van der Waals surface area contributed by atoms with Crippen molar-refractivity contribution in [1.82, 2.24) is 14.8 Å². The molecule has 0 spiro atoms. The molecule has 0 fully saturated rings. The van der Waals surface area contributed by atoms with Crippen molar-refractivity contribution in [2.24, 2.45) is 7.05 Å². The topological polar surface area (TPSA) is 50.9 Å². The molecule has 4 nitrogen and oxygen atoms in total. The van der Waals surface area contributed by atoms with Crippen LogP contribution in [0.3, 0.4) is 0 Å². The molecule has 0 aliphatic carbocycles. The van der Waals surface area contributed by atoms with E-state index in [2.05, 4.69) is 37.8 Å². The molecule has 0 saturated heterocycles. The van der Waals surface area contributed by atoms with Crippen molar-refractivity contribution in [3.05, 3.63) is 33.0 Å². The standard InChI is InChI=1S/C15H23N3OS/c1-9-10(2)20-13(16-9)7-12(19)11-8-18(6)17-14(11)15(3,4)5/h8,12,19H,7H2,1-6H3. The Morgan fingerprint density at radius 2 is 2.00 bits per heavy atom. The van der Waals surface area contributed by atoms with Crippen molar-refractivity contribution in [1.29, 1.82) is 0 Å². The zero-order valence-electron chi connectivity index (χ0n) is 13.1. The van der Waals surface area contributed by atoms with Gasteiger partial charge in [0.25, 0.3) is 0 Å². The molecule has 1 N–H and O–H groups in total. The van der Waals surface area contributed by atoms with Crippen LogP contribution in [0.1, 0.15) is 53.7 Å². The molecule has 0 saturated carbocycles. The van der Waals surface area contributed by atoms with Crippen molar-refractivity contribution in [2.45, 2.75) is 52.6 Å². The molecular weight excluding hydrogens is 270 g/mol. The van der Waals surface area contributed by atoms with E-state index in [0.717, 1.165) is 22.0 Å². The monoisotopic (exact) mass is 293 g/mol. The number of aliphatic hydroxyl groups is 1. The Morgan fingerprint density at radius 3 is 2.50 bits per heavy atom. The highest BCUT2D eigenvalue weighted by molar-refractivity contribution is 7.11. The molecule has 0 aliphatic rings. The number of hydrogen-bond acceptors (Lipinski definition) is 4. The number of rotatable bonds is 3. The lowest BCUT2D eigenvalue weighted by atomic mass is 9.87. The zero-order valence-corrected chi connectivity index (χ0v) is 13.9. The van der Waals surface area contributed by atoms with Gasteiger partial charge in [-0.2, -0.15) is 5.10 Å². The SMILES string of the molecule is Cc1nc(CC(O)c2cn(C)nc2C(C)(C)C)sc1C. The summed E-state index contributed by atoms with van der Waals surface area (Å²) in [5, 5.41) is 16.0. The number of hydrogen-bond donors (Lipinski definition) is 1. The number of aromatic nitrogens is 3. The molecule has 2 aromatic rings. The first-order chi connectivity index (χ1) is 9.18. The Balaban J connectivity index is 2.27. The van der Waals surface area contributed by atoms with Crippen molar-refractivity contribution in [3.8, 4) is 0 Å². The summed E-state index contributed by atoms with van der Waals surface area (Å²) in [4.78, 5) is 5.72.